The van der Waals surface area contributed by atoms with E-state index in [-0.39, 0.29) is 4.90 Å². The van der Waals surface area contributed by atoms with Crippen molar-refractivity contribution in [1.29, 1.82) is 0 Å². The molecule has 1 aromatic carbocycles. The van der Waals surface area contributed by atoms with Gasteiger partial charge in [-0.2, -0.15) is 4.31 Å². The van der Waals surface area contributed by atoms with Crippen LogP contribution in [0, 0.1) is 6.92 Å². The van der Waals surface area contributed by atoms with Gasteiger partial charge in [0, 0.05) is 6.54 Å². The molecule has 0 spiro atoms. The van der Waals surface area contributed by atoms with E-state index >= 15 is 0 Å². The summed E-state index contributed by atoms with van der Waals surface area (Å²) >= 11 is 0. The molecule has 0 saturated heterocycles. The highest BCUT2D eigenvalue weighted by molar-refractivity contribution is 7.89. The molecule has 110 valence electrons. The molecular formula is C12H15NO6S. The maximum Gasteiger partial charge on any atom is 0.318 e. The summed E-state index contributed by atoms with van der Waals surface area (Å²) in [7, 11) is -4.02. The van der Waals surface area contributed by atoms with E-state index in [1.165, 1.54) is 12.1 Å². The lowest BCUT2D eigenvalue weighted by Crippen LogP contribution is -2.37. The van der Waals surface area contributed by atoms with Crippen LogP contribution in [0.1, 0.15) is 12.0 Å². The lowest BCUT2D eigenvalue weighted by molar-refractivity contribution is -0.139. The lowest BCUT2D eigenvalue weighted by Gasteiger charge is -2.19. The minimum absolute atomic E-state index is 0.0604. The zero-order valence-electron chi connectivity index (χ0n) is 10.8. The zero-order chi connectivity index (χ0) is 15.3. The fraction of sp³-hybridized carbons (Fsp3) is 0.333. The van der Waals surface area contributed by atoms with Crippen LogP contribution >= 0.6 is 0 Å². The number of aliphatic carboxylic acids is 2. The number of hydrogen-bond donors (Lipinski definition) is 2. The molecule has 0 aliphatic rings. The van der Waals surface area contributed by atoms with Crippen LogP contribution in [0.3, 0.4) is 0 Å². The smallest absolute Gasteiger partial charge is 0.318 e. The minimum atomic E-state index is -4.02. The van der Waals surface area contributed by atoms with Crippen molar-refractivity contribution in [3.05, 3.63) is 29.8 Å². The zero-order valence-corrected chi connectivity index (χ0v) is 11.6. The van der Waals surface area contributed by atoms with Crippen LogP contribution in [0.4, 0.5) is 0 Å². The molecule has 0 amide bonds. The number of rotatable bonds is 7. The molecule has 0 unspecified atom stereocenters. The Morgan fingerprint density at radius 3 is 2.10 bits per heavy atom. The van der Waals surface area contributed by atoms with Crippen molar-refractivity contribution >= 4 is 22.0 Å². The van der Waals surface area contributed by atoms with Crippen molar-refractivity contribution < 1.29 is 28.2 Å². The second kappa shape index (κ2) is 6.49. The van der Waals surface area contributed by atoms with Crippen molar-refractivity contribution in [2.75, 3.05) is 13.1 Å². The number of carboxylic acids is 2. The Labute approximate surface area is 116 Å². The highest BCUT2D eigenvalue weighted by atomic mass is 32.2. The standard InChI is InChI=1S/C12H15NO6S/c1-9-2-4-10(5-3-9)20(18,19)13(8-12(16)17)7-6-11(14)15/h2-5H,6-8H2,1H3,(H,14,15)(H,16,17). The van der Waals surface area contributed by atoms with Gasteiger partial charge in [0.1, 0.15) is 6.54 Å². The van der Waals surface area contributed by atoms with Crippen LogP contribution in [-0.2, 0) is 19.6 Å². The second-order valence-electron chi connectivity index (χ2n) is 4.19. The monoisotopic (exact) mass is 301 g/mol. The van der Waals surface area contributed by atoms with Crippen molar-refractivity contribution in [3.63, 3.8) is 0 Å². The maximum atomic E-state index is 12.3. The first-order chi connectivity index (χ1) is 9.23. The largest absolute Gasteiger partial charge is 0.481 e. The Balaban J connectivity index is 3.06. The number of carbonyl (C=O) groups is 2. The molecule has 8 heteroatoms. The SMILES string of the molecule is Cc1ccc(S(=O)(=O)N(CCC(=O)O)CC(=O)O)cc1. The van der Waals surface area contributed by atoms with Crippen LogP contribution in [-0.4, -0.2) is 48.0 Å². The van der Waals surface area contributed by atoms with Crippen LogP contribution in [0.15, 0.2) is 29.2 Å². The van der Waals surface area contributed by atoms with Crippen LogP contribution in [0.5, 0.6) is 0 Å². The van der Waals surface area contributed by atoms with Crippen LogP contribution < -0.4 is 0 Å². The van der Waals surface area contributed by atoms with Gasteiger partial charge in [0.2, 0.25) is 10.0 Å². The summed E-state index contributed by atoms with van der Waals surface area (Å²) in [4.78, 5) is 21.2. The molecule has 0 heterocycles. The van der Waals surface area contributed by atoms with E-state index in [9.17, 15) is 18.0 Å². The van der Waals surface area contributed by atoms with E-state index < -0.39 is 41.5 Å². The number of hydrogen-bond acceptors (Lipinski definition) is 4. The first-order valence-electron chi connectivity index (χ1n) is 5.74. The van der Waals surface area contributed by atoms with E-state index in [1.54, 1.807) is 19.1 Å². The Morgan fingerprint density at radius 2 is 1.65 bits per heavy atom. The Kier molecular flexibility index (Phi) is 5.23. The highest BCUT2D eigenvalue weighted by Crippen LogP contribution is 2.16. The van der Waals surface area contributed by atoms with Gasteiger partial charge in [0.25, 0.3) is 0 Å². The third kappa shape index (κ3) is 4.32. The van der Waals surface area contributed by atoms with Crippen molar-refractivity contribution in [2.24, 2.45) is 0 Å². The van der Waals surface area contributed by atoms with Gasteiger partial charge in [-0.25, -0.2) is 8.42 Å². The molecule has 0 radical (unpaired) electrons. The fourth-order valence-electron chi connectivity index (χ4n) is 1.51. The number of benzene rings is 1. The van der Waals surface area contributed by atoms with Crippen LogP contribution in [0.2, 0.25) is 0 Å². The van der Waals surface area contributed by atoms with Gasteiger partial charge < -0.3 is 10.2 Å². The molecule has 0 aliphatic heterocycles. The van der Waals surface area contributed by atoms with Gasteiger partial charge in [-0.1, -0.05) is 17.7 Å². The predicted octanol–water partition coefficient (Wildman–Crippen LogP) is 0.545. The third-order valence-electron chi connectivity index (χ3n) is 2.55. The quantitative estimate of drug-likeness (QED) is 0.760. The highest BCUT2D eigenvalue weighted by Gasteiger charge is 2.26. The van der Waals surface area contributed by atoms with Gasteiger partial charge in [-0.15, -0.1) is 0 Å². The molecule has 0 saturated carbocycles. The number of aryl methyl sites for hydroxylation is 1. The summed E-state index contributed by atoms with van der Waals surface area (Å²) in [6.07, 6.45) is -0.460. The minimum Gasteiger partial charge on any atom is -0.481 e. The molecule has 1 aromatic rings. The molecule has 0 bridgehead atoms. The average molecular weight is 301 g/mol. The number of sulfonamides is 1. The van der Waals surface area contributed by atoms with Gasteiger partial charge in [0.05, 0.1) is 11.3 Å². The number of nitrogens with zero attached hydrogens (tertiary/aromatic N) is 1. The van der Waals surface area contributed by atoms with E-state index in [0.717, 1.165) is 5.56 Å². The topological polar surface area (TPSA) is 112 Å². The summed E-state index contributed by atoms with van der Waals surface area (Å²) in [6, 6.07) is 5.90. The van der Waals surface area contributed by atoms with E-state index in [2.05, 4.69) is 0 Å². The summed E-state index contributed by atoms with van der Waals surface area (Å²) in [5, 5.41) is 17.4. The van der Waals surface area contributed by atoms with Crippen molar-refractivity contribution in [1.82, 2.24) is 4.31 Å². The predicted molar refractivity (Wildman–Crippen MR) is 69.8 cm³/mol. The summed E-state index contributed by atoms with van der Waals surface area (Å²) in [6.45, 7) is 0.622. The molecule has 7 nitrogen and oxygen atoms in total. The Bertz CT molecular complexity index is 593. The normalized spacial score (nSPS) is 11.5. The van der Waals surface area contributed by atoms with Gasteiger partial charge in [-0.3, -0.25) is 9.59 Å². The van der Waals surface area contributed by atoms with Crippen molar-refractivity contribution in [2.45, 2.75) is 18.2 Å². The molecule has 20 heavy (non-hydrogen) atoms. The molecule has 0 fully saturated rings. The van der Waals surface area contributed by atoms with E-state index in [0.29, 0.717) is 4.31 Å². The Hall–Kier alpha value is -1.93. The van der Waals surface area contributed by atoms with Crippen molar-refractivity contribution in [3.8, 4) is 0 Å². The summed E-state index contributed by atoms with van der Waals surface area (Å²) < 4.78 is 25.2. The molecule has 0 aliphatic carbocycles. The first kappa shape index (κ1) is 16.1. The molecule has 0 aromatic heterocycles. The summed E-state index contributed by atoms with van der Waals surface area (Å²) in [5.74, 6) is -2.54. The fourth-order valence-corrected chi connectivity index (χ4v) is 2.90. The first-order valence-corrected chi connectivity index (χ1v) is 7.18. The third-order valence-corrected chi connectivity index (χ3v) is 4.40. The number of carboxylic acid groups (broad SMARTS) is 2. The van der Waals surface area contributed by atoms with Gasteiger partial charge in [0.15, 0.2) is 0 Å². The van der Waals surface area contributed by atoms with E-state index in [1.807, 2.05) is 0 Å². The molecule has 0 atom stereocenters. The molecular weight excluding hydrogens is 286 g/mol. The summed E-state index contributed by atoms with van der Waals surface area (Å²) in [5.41, 5.74) is 0.860. The Morgan fingerprint density at radius 1 is 1.10 bits per heavy atom. The molecule has 1 rings (SSSR count). The van der Waals surface area contributed by atoms with Gasteiger partial charge >= 0.3 is 11.9 Å². The lowest BCUT2D eigenvalue weighted by atomic mass is 10.2. The van der Waals surface area contributed by atoms with Crippen LogP contribution in [0.25, 0.3) is 0 Å². The molecule has 2 N–H and O–H groups in total. The second-order valence-corrected chi connectivity index (χ2v) is 6.13. The van der Waals surface area contributed by atoms with E-state index in [4.69, 9.17) is 10.2 Å². The maximum absolute atomic E-state index is 12.3. The van der Waals surface area contributed by atoms with Gasteiger partial charge in [-0.05, 0) is 19.1 Å². The average Bonchev–Trinajstić information content (AvgIpc) is 2.34.